The topological polar surface area (TPSA) is 40.6 Å². The van der Waals surface area contributed by atoms with Gasteiger partial charge in [0.1, 0.15) is 0 Å². The van der Waals surface area contributed by atoms with Crippen molar-refractivity contribution in [2.75, 3.05) is 23.7 Å². The fourth-order valence-electron chi connectivity index (χ4n) is 4.16. The third-order valence-corrected chi connectivity index (χ3v) is 7.28. The normalized spacial score (nSPS) is 18.9. The number of thioether (sulfide) groups is 1. The van der Waals surface area contributed by atoms with Crippen LogP contribution >= 0.6 is 11.8 Å². The number of carbonyl (C=O) groups excluding carboxylic acids is 2. The first-order valence-corrected chi connectivity index (χ1v) is 10.7. The second-order valence-corrected chi connectivity index (χ2v) is 8.96. The molecule has 2 aromatic rings. The highest BCUT2D eigenvalue weighted by Gasteiger charge is 2.49. The molecule has 2 fully saturated rings. The first-order chi connectivity index (χ1) is 14.2. The summed E-state index contributed by atoms with van der Waals surface area (Å²) >= 11 is 1.46. The van der Waals surface area contributed by atoms with Gasteiger partial charge in [-0.3, -0.25) is 14.5 Å². The second-order valence-electron chi connectivity index (χ2n) is 7.62. The van der Waals surface area contributed by atoms with Crippen molar-refractivity contribution in [2.45, 2.75) is 30.8 Å². The monoisotopic (exact) mass is 434 g/mol. The average Bonchev–Trinajstić information content (AvgIpc) is 3.03. The van der Waals surface area contributed by atoms with Crippen molar-refractivity contribution in [3.05, 3.63) is 65.2 Å². The maximum absolute atomic E-state index is 13.2. The Morgan fingerprint density at radius 1 is 1.07 bits per heavy atom. The number of carbonyl (C=O) groups is 2. The van der Waals surface area contributed by atoms with Crippen molar-refractivity contribution in [1.29, 1.82) is 0 Å². The fraction of sp³-hybridized carbons (Fsp3) is 0.364. The Bertz CT molecular complexity index is 984. The van der Waals surface area contributed by atoms with E-state index in [1.54, 1.807) is 17.0 Å². The van der Waals surface area contributed by atoms with Gasteiger partial charge in [-0.15, -0.1) is 11.8 Å². The van der Waals surface area contributed by atoms with E-state index in [0.717, 1.165) is 17.7 Å². The molecule has 8 heteroatoms. The van der Waals surface area contributed by atoms with Gasteiger partial charge >= 0.3 is 6.18 Å². The number of anilines is 1. The minimum Gasteiger partial charge on any atom is -0.338 e. The number of hydrogen-bond acceptors (Lipinski definition) is 3. The van der Waals surface area contributed by atoms with Crippen molar-refractivity contribution in [3.63, 3.8) is 0 Å². The van der Waals surface area contributed by atoms with Gasteiger partial charge in [0.05, 0.1) is 16.2 Å². The van der Waals surface area contributed by atoms with Crippen molar-refractivity contribution in [3.8, 4) is 0 Å². The van der Waals surface area contributed by atoms with Crippen LogP contribution in [0, 0.1) is 6.92 Å². The zero-order valence-electron chi connectivity index (χ0n) is 16.4. The minimum atomic E-state index is -4.47. The van der Waals surface area contributed by atoms with E-state index in [4.69, 9.17) is 0 Å². The summed E-state index contributed by atoms with van der Waals surface area (Å²) in [5, 5.41) is 0. The molecule has 0 bridgehead atoms. The summed E-state index contributed by atoms with van der Waals surface area (Å²) in [6.07, 6.45) is -3.45. The van der Waals surface area contributed by atoms with Crippen molar-refractivity contribution in [1.82, 2.24) is 4.90 Å². The van der Waals surface area contributed by atoms with Crippen molar-refractivity contribution >= 4 is 29.3 Å². The fourth-order valence-corrected chi connectivity index (χ4v) is 5.49. The predicted molar refractivity (Wildman–Crippen MR) is 110 cm³/mol. The summed E-state index contributed by atoms with van der Waals surface area (Å²) in [7, 11) is 0. The van der Waals surface area contributed by atoms with Crippen LogP contribution in [0.3, 0.4) is 0 Å². The second kappa shape index (κ2) is 7.65. The number of rotatable bonds is 2. The molecular weight excluding hydrogens is 413 g/mol. The van der Waals surface area contributed by atoms with Crippen LogP contribution in [0.5, 0.6) is 0 Å². The molecule has 0 saturated carbocycles. The molecule has 4 rings (SSSR count). The van der Waals surface area contributed by atoms with E-state index in [-0.39, 0.29) is 23.3 Å². The van der Waals surface area contributed by atoms with E-state index in [2.05, 4.69) is 0 Å². The molecular formula is C22H21F3N2O2S. The first-order valence-electron chi connectivity index (χ1n) is 9.70. The average molecular weight is 434 g/mol. The highest BCUT2D eigenvalue weighted by atomic mass is 32.2. The molecule has 2 aromatic carbocycles. The lowest BCUT2D eigenvalue weighted by Gasteiger charge is -2.44. The van der Waals surface area contributed by atoms with Crippen LogP contribution in [0.25, 0.3) is 0 Å². The van der Waals surface area contributed by atoms with E-state index < -0.39 is 16.6 Å². The Hall–Kier alpha value is -2.48. The van der Waals surface area contributed by atoms with Gasteiger partial charge in [0.15, 0.2) is 0 Å². The van der Waals surface area contributed by atoms with Crippen LogP contribution < -0.4 is 4.90 Å². The summed E-state index contributed by atoms with van der Waals surface area (Å²) in [5.74, 6) is -0.0250. The molecule has 2 heterocycles. The molecule has 30 heavy (non-hydrogen) atoms. The standard InChI is InChI=1S/C22H21F3N2O2S/c1-15-5-2-3-8-18(15)20(29)26-11-9-21(10-12-26)27(19(28)14-30-21)17-7-4-6-16(13-17)22(23,24)25/h2-8,13H,9-12,14H2,1H3. The van der Waals surface area contributed by atoms with Crippen molar-refractivity contribution in [2.24, 2.45) is 0 Å². The lowest BCUT2D eigenvalue weighted by molar-refractivity contribution is -0.137. The number of amides is 2. The highest BCUT2D eigenvalue weighted by molar-refractivity contribution is 8.02. The Labute approximate surface area is 177 Å². The van der Waals surface area contributed by atoms with E-state index in [1.807, 2.05) is 25.1 Å². The number of aryl methyl sites for hydroxylation is 1. The maximum atomic E-state index is 13.2. The number of nitrogens with zero attached hydrogens (tertiary/aromatic N) is 2. The van der Waals surface area contributed by atoms with Gasteiger partial charge in [0.25, 0.3) is 5.91 Å². The van der Waals surface area contributed by atoms with Gasteiger partial charge in [-0.1, -0.05) is 24.3 Å². The maximum Gasteiger partial charge on any atom is 0.416 e. The first kappa shape index (κ1) is 20.8. The highest BCUT2D eigenvalue weighted by Crippen LogP contribution is 2.47. The number of benzene rings is 2. The van der Waals surface area contributed by atoms with Crippen LogP contribution in [0.15, 0.2) is 48.5 Å². The molecule has 0 unspecified atom stereocenters. The molecule has 0 radical (unpaired) electrons. The van der Waals surface area contributed by atoms with Crippen LogP contribution in [0.2, 0.25) is 0 Å². The van der Waals surface area contributed by atoms with Crippen LogP contribution in [0.1, 0.15) is 34.3 Å². The molecule has 2 aliphatic rings. The molecule has 0 aliphatic carbocycles. The lowest BCUT2D eigenvalue weighted by atomic mass is 9.99. The quantitative estimate of drug-likeness (QED) is 0.687. The Kier molecular flexibility index (Phi) is 5.30. The van der Waals surface area contributed by atoms with Crippen LogP contribution in [0.4, 0.5) is 18.9 Å². The Balaban J connectivity index is 1.56. The Morgan fingerprint density at radius 3 is 2.43 bits per heavy atom. The number of halogens is 3. The third kappa shape index (κ3) is 3.69. The van der Waals surface area contributed by atoms with Gasteiger partial charge in [-0.25, -0.2) is 0 Å². The number of alkyl halides is 3. The summed E-state index contributed by atoms with van der Waals surface area (Å²) < 4.78 is 39.5. The summed E-state index contributed by atoms with van der Waals surface area (Å²) in [4.78, 5) is 28.2. The minimum absolute atomic E-state index is 0.0529. The smallest absolute Gasteiger partial charge is 0.338 e. The van der Waals surface area contributed by atoms with E-state index in [0.29, 0.717) is 31.5 Å². The third-order valence-electron chi connectivity index (χ3n) is 5.76. The molecule has 0 N–H and O–H groups in total. The largest absolute Gasteiger partial charge is 0.416 e. The van der Waals surface area contributed by atoms with Gasteiger partial charge < -0.3 is 4.90 Å². The van der Waals surface area contributed by atoms with Crippen LogP contribution in [-0.4, -0.2) is 40.4 Å². The number of likely N-dealkylation sites (tertiary alicyclic amines) is 1. The molecule has 0 atom stereocenters. The van der Waals surface area contributed by atoms with Gasteiger partial charge in [0.2, 0.25) is 5.91 Å². The summed E-state index contributed by atoms with van der Waals surface area (Å²) in [6.45, 7) is 2.78. The van der Waals surface area contributed by atoms with Crippen molar-refractivity contribution < 1.29 is 22.8 Å². The molecule has 2 aliphatic heterocycles. The molecule has 4 nitrogen and oxygen atoms in total. The zero-order chi connectivity index (χ0) is 21.5. The molecule has 158 valence electrons. The lowest BCUT2D eigenvalue weighted by Crippen LogP contribution is -2.53. The number of piperidine rings is 1. The summed E-state index contributed by atoms with van der Waals surface area (Å²) in [6, 6.07) is 12.3. The molecule has 2 saturated heterocycles. The van der Waals surface area contributed by atoms with Gasteiger partial charge in [-0.05, 0) is 49.6 Å². The van der Waals surface area contributed by atoms with Crippen LogP contribution in [-0.2, 0) is 11.0 Å². The van der Waals surface area contributed by atoms with Gasteiger partial charge in [0, 0.05) is 24.3 Å². The number of hydrogen-bond donors (Lipinski definition) is 0. The van der Waals surface area contributed by atoms with Gasteiger partial charge in [-0.2, -0.15) is 13.2 Å². The molecule has 1 spiro atoms. The molecule has 2 amide bonds. The van der Waals surface area contributed by atoms with E-state index in [9.17, 15) is 22.8 Å². The SMILES string of the molecule is Cc1ccccc1C(=O)N1CCC2(CC1)SCC(=O)N2c1cccc(C(F)(F)F)c1. The Morgan fingerprint density at radius 2 is 1.77 bits per heavy atom. The summed E-state index contributed by atoms with van der Waals surface area (Å²) in [5.41, 5.74) is 1.04. The van der Waals surface area contributed by atoms with E-state index >= 15 is 0 Å². The molecule has 0 aromatic heterocycles. The van der Waals surface area contributed by atoms with E-state index in [1.165, 1.54) is 22.7 Å². The zero-order valence-corrected chi connectivity index (χ0v) is 17.2. The predicted octanol–water partition coefficient (Wildman–Crippen LogP) is 4.73.